The number of ether oxygens (including phenoxy) is 1. The molecule has 2 unspecified atom stereocenters. The van der Waals surface area contributed by atoms with Crippen molar-refractivity contribution in [2.24, 2.45) is 0 Å². The normalized spacial score (nSPS) is 24.5. The van der Waals surface area contributed by atoms with Gasteiger partial charge in [-0.2, -0.15) is 4.31 Å². The van der Waals surface area contributed by atoms with Crippen molar-refractivity contribution in [2.75, 3.05) is 26.2 Å². The molecule has 1 amide bonds. The first-order valence-electron chi connectivity index (χ1n) is 8.58. The Balaban J connectivity index is 1.75. The van der Waals surface area contributed by atoms with Gasteiger partial charge in [-0.1, -0.05) is 18.2 Å². The van der Waals surface area contributed by atoms with E-state index in [0.717, 1.165) is 0 Å². The Kier molecular flexibility index (Phi) is 5.59. The molecule has 142 valence electrons. The number of carboxylic acids is 1. The number of hydrogen-bond donors (Lipinski definition) is 1. The molecule has 2 saturated heterocycles. The maximum Gasteiger partial charge on any atom is 0.306 e. The van der Waals surface area contributed by atoms with Gasteiger partial charge in [0.2, 0.25) is 15.9 Å². The maximum atomic E-state index is 12.9. The van der Waals surface area contributed by atoms with Crippen molar-refractivity contribution in [3.63, 3.8) is 0 Å². The molecule has 3 rings (SSSR count). The molecule has 2 aliphatic rings. The van der Waals surface area contributed by atoms with E-state index in [1.54, 1.807) is 18.2 Å². The molecule has 0 aromatic heterocycles. The number of morpholine rings is 1. The van der Waals surface area contributed by atoms with E-state index >= 15 is 0 Å². The van der Waals surface area contributed by atoms with Gasteiger partial charge in [0.15, 0.2) is 0 Å². The number of nitrogens with zero attached hydrogens (tertiary/aromatic N) is 2. The van der Waals surface area contributed by atoms with Gasteiger partial charge in [0.1, 0.15) is 6.04 Å². The fourth-order valence-electron chi connectivity index (χ4n) is 3.45. The monoisotopic (exact) mass is 382 g/mol. The number of benzene rings is 1. The summed E-state index contributed by atoms with van der Waals surface area (Å²) in [7, 11) is -3.74. The second-order valence-electron chi connectivity index (χ2n) is 6.46. The summed E-state index contributed by atoms with van der Waals surface area (Å²) >= 11 is 0. The number of amides is 1. The van der Waals surface area contributed by atoms with E-state index in [1.807, 2.05) is 0 Å². The van der Waals surface area contributed by atoms with Gasteiger partial charge >= 0.3 is 5.97 Å². The molecular formula is C17H22N2O6S. The number of rotatable bonds is 5. The third kappa shape index (κ3) is 3.89. The summed E-state index contributed by atoms with van der Waals surface area (Å²) in [6, 6.07) is 7.33. The molecule has 2 fully saturated rings. The summed E-state index contributed by atoms with van der Waals surface area (Å²) < 4.78 is 32.4. The summed E-state index contributed by atoms with van der Waals surface area (Å²) in [6.45, 7) is 1.06. The number of carbonyl (C=O) groups is 2. The molecule has 1 N–H and O–H groups in total. The number of aliphatic carboxylic acids is 1. The van der Waals surface area contributed by atoms with Crippen molar-refractivity contribution >= 4 is 21.9 Å². The van der Waals surface area contributed by atoms with Crippen molar-refractivity contribution in [3.05, 3.63) is 30.3 Å². The van der Waals surface area contributed by atoms with Crippen LogP contribution in [0.25, 0.3) is 0 Å². The number of sulfonamides is 1. The van der Waals surface area contributed by atoms with Crippen LogP contribution in [-0.4, -0.2) is 73.0 Å². The second-order valence-corrected chi connectivity index (χ2v) is 8.35. The molecule has 1 aromatic carbocycles. The molecule has 2 heterocycles. The van der Waals surface area contributed by atoms with Gasteiger partial charge in [-0.05, 0) is 25.0 Å². The van der Waals surface area contributed by atoms with Crippen LogP contribution >= 0.6 is 0 Å². The van der Waals surface area contributed by atoms with Gasteiger partial charge in [0.05, 0.1) is 24.0 Å². The third-order valence-electron chi connectivity index (χ3n) is 4.69. The highest BCUT2D eigenvalue weighted by Gasteiger charge is 2.42. The molecule has 26 heavy (non-hydrogen) atoms. The Morgan fingerprint density at radius 2 is 1.92 bits per heavy atom. The van der Waals surface area contributed by atoms with Crippen LogP contribution in [0.4, 0.5) is 0 Å². The zero-order valence-electron chi connectivity index (χ0n) is 14.3. The standard InChI is InChI=1S/C17H22N2O6S/c20-16(21)11-13-12-18(9-10-25-13)17(22)15-7-4-8-19(15)26(23,24)14-5-2-1-3-6-14/h1-3,5-6,13,15H,4,7-12H2,(H,20,21). The van der Waals surface area contributed by atoms with Gasteiger partial charge in [-0.15, -0.1) is 0 Å². The predicted molar refractivity (Wildman–Crippen MR) is 91.9 cm³/mol. The van der Waals surface area contributed by atoms with E-state index in [4.69, 9.17) is 9.84 Å². The van der Waals surface area contributed by atoms with Crippen LogP contribution in [0.1, 0.15) is 19.3 Å². The van der Waals surface area contributed by atoms with E-state index in [2.05, 4.69) is 0 Å². The van der Waals surface area contributed by atoms with E-state index in [0.29, 0.717) is 25.9 Å². The predicted octanol–water partition coefficient (Wildman–Crippen LogP) is 0.542. The van der Waals surface area contributed by atoms with Gasteiger partial charge in [-0.25, -0.2) is 8.42 Å². The summed E-state index contributed by atoms with van der Waals surface area (Å²) in [5.41, 5.74) is 0. The number of carboxylic acid groups (broad SMARTS) is 1. The Hall–Kier alpha value is -1.97. The molecule has 0 radical (unpaired) electrons. The van der Waals surface area contributed by atoms with Crippen molar-refractivity contribution < 1.29 is 27.9 Å². The average molecular weight is 382 g/mol. The molecule has 1 aromatic rings. The second kappa shape index (κ2) is 7.73. The molecule has 2 atom stereocenters. The quantitative estimate of drug-likeness (QED) is 0.797. The average Bonchev–Trinajstić information content (AvgIpc) is 3.12. The Labute approximate surface area is 152 Å². The molecule has 0 saturated carbocycles. The van der Waals surface area contributed by atoms with Crippen LogP contribution in [0.2, 0.25) is 0 Å². The Bertz CT molecular complexity index is 767. The number of hydrogen-bond acceptors (Lipinski definition) is 5. The van der Waals surface area contributed by atoms with Crippen LogP contribution in [-0.2, 0) is 24.3 Å². The molecule has 9 heteroatoms. The molecule has 2 aliphatic heterocycles. The SMILES string of the molecule is O=C(O)CC1CN(C(=O)C2CCCN2S(=O)(=O)c2ccccc2)CCO1. The van der Waals surface area contributed by atoms with E-state index < -0.39 is 28.1 Å². The minimum atomic E-state index is -3.74. The minimum Gasteiger partial charge on any atom is -0.481 e. The molecule has 0 aliphatic carbocycles. The van der Waals surface area contributed by atoms with Crippen molar-refractivity contribution in [1.82, 2.24) is 9.21 Å². The van der Waals surface area contributed by atoms with Gasteiger partial charge in [0.25, 0.3) is 0 Å². The highest BCUT2D eigenvalue weighted by Crippen LogP contribution is 2.27. The lowest BCUT2D eigenvalue weighted by atomic mass is 10.1. The minimum absolute atomic E-state index is 0.168. The zero-order valence-corrected chi connectivity index (χ0v) is 15.1. The molecule has 0 spiro atoms. The van der Waals surface area contributed by atoms with Gasteiger partial charge < -0.3 is 14.7 Å². The summed E-state index contributed by atoms with van der Waals surface area (Å²) in [5.74, 6) is -1.26. The summed E-state index contributed by atoms with van der Waals surface area (Å²) in [6.07, 6.45) is 0.336. The topological polar surface area (TPSA) is 104 Å². The maximum absolute atomic E-state index is 12.9. The fraction of sp³-hybridized carbons (Fsp3) is 0.529. The van der Waals surface area contributed by atoms with Crippen molar-refractivity contribution in [3.8, 4) is 0 Å². The molecule has 0 bridgehead atoms. The van der Waals surface area contributed by atoms with Crippen LogP contribution in [0.5, 0.6) is 0 Å². The van der Waals surface area contributed by atoms with Gasteiger partial charge in [0, 0.05) is 19.6 Å². The van der Waals surface area contributed by atoms with Crippen LogP contribution in [0.3, 0.4) is 0 Å². The molecular weight excluding hydrogens is 360 g/mol. The summed E-state index contributed by atoms with van der Waals surface area (Å²) in [4.78, 5) is 25.5. The van der Waals surface area contributed by atoms with Crippen LogP contribution in [0, 0.1) is 0 Å². The van der Waals surface area contributed by atoms with E-state index in [1.165, 1.54) is 21.3 Å². The van der Waals surface area contributed by atoms with E-state index in [9.17, 15) is 18.0 Å². The Morgan fingerprint density at radius 3 is 2.62 bits per heavy atom. The van der Waals surface area contributed by atoms with Gasteiger partial charge in [-0.3, -0.25) is 9.59 Å². The summed E-state index contributed by atoms with van der Waals surface area (Å²) in [5, 5.41) is 8.91. The largest absolute Gasteiger partial charge is 0.481 e. The first-order valence-corrected chi connectivity index (χ1v) is 10.0. The first kappa shape index (κ1) is 18.8. The van der Waals surface area contributed by atoms with E-state index in [-0.39, 0.29) is 30.4 Å². The van der Waals surface area contributed by atoms with Crippen molar-refractivity contribution in [1.29, 1.82) is 0 Å². The third-order valence-corrected chi connectivity index (χ3v) is 6.61. The lowest BCUT2D eigenvalue weighted by molar-refractivity contribution is -0.149. The van der Waals surface area contributed by atoms with Crippen LogP contribution in [0.15, 0.2) is 35.2 Å². The van der Waals surface area contributed by atoms with Crippen molar-refractivity contribution in [2.45, 2.75) is 36.3 Å². The first-order chi connectivity index (χ1) is 12.4. The highest BCUT2D eigenvalue weighted by molar-refractivity contribution is 7.89. The lowest BCUT2D eigenvalue weighted by Crippen LogP contribution is -2.53. The zero-order chi connectivity index (χ0) is 18.7. The number of carbonyl (C=O) groups excluding carboxylic acids is 1. The van der Waals surface area contributed by atoms with Crippen LogP contribution < -0.4 is 0 Å². The fourth-order valence-corrected chi connectivity index (χ4v) is 5.12. The molecule has 8 nitrogen and oxygen atoms in total. The Morgan fingerprint density at radius 1 is 1.19 bits per heavy atom. The highest BCUT2D eigenvalue weighted by atomic mass is 32.2. The smallest absolute Gasteiger partial charge is 0.306 e. The lowest BCUT2D eigenvalue weighted by Gasteiger charge is -2.35.